The van der Waals surface area contributed by atoms with Gasteiger partial charge in [0.15, 0.2) is 0 Å². The smallest absolute Gasteiger partial charge is 0.338 e. The molecule has 1 heterocycles. The highest BCUT2D eigenvalue weighted by Gasteiger charge is 2.21. The van der Waals surface area contributed by atoms with Gasteiger partial charge < -0.3 is 14.7 Å². The van der Waals surface area contributed by atoms with E-state index in [0.717, 1.165) is 40.5 Å². The average Bonchev–Trinajstić information content (AvgIpc) is 2.73. The zero-order valence-corrected chi connectivity index (χ0v) is 17.1. The Morgan fingerprint density at radius 1 is 1.14 bits per heavy atom. The van der Waals surface area contributed by atoms with Crippen molar-refractivity contribution in [2.45, 2.75) is 19.4 Å². The number of halogens is 1. The molecular weight excluding hydrogens is 389 g/mol. The van der Waals surface area contributed by atoms with Crippen LogP contribution in [0.15, 0.2) is 71.3 Å². The van der Waals surface area contributed by atoms with Crippen molar-refractivity contribution in [2.75, 3.05) is 19.4 Å². The number of aliphatic carboxylic acids is 1. The third kappa shape index (κ3) is 5.87. The molecule has 1 N–H and O–H groups in total. The molecule has 0 unspecified atom stereocenters. The van der Waals surface area contributed by atoms with Crippen LogP contribution in [-0.4, -0.2) is 35.4 Å². The molecule has 0 radical (unpaired) electrons. The number of carboxylic acid groups (broad SMARTS) is 1. The van der Waals surface area contributed by atoms with Crippen molar-refractivity contribution in [1.29, 1.82) is 0 Å². The molecule has 4 nitrogen and oxygen atoms in total. The van der Waals surface area contributed by atoms with Gasteiger partial charge in [0.05, 0.1) is 17.7 Å². The molecule has 0 saturated heterocycles. The quantitative estimate of drug-likeness (QED) is 0.595. The summed E-state index contributed by atoms with van der Waals surface area (Å²) in [5.41, 5.74) is 2.50. The molecule has 0 bridgehead atoms. The van der Waals surface area contributed by atoms with Crippen molar-refractivity contribution < 1.29 is 19.0 Å². The van der Waals surface area contributed by atoms with Gasteiger partial charge in [-0.05, 0) is 60.1 Å². The van der Waals surface area contributed by atoms with Crippen LogP contribution >= 0.6 is 11.8 Å². The summed E-state index contributed by atoms with van der Waals surface area (Å²) in [5, 5.41) is 10.4. The summed E-state index contributed by atoms with van der Waals surface area (Å²) in [6.07, 6.45) is 5.29. The van der Waals surface area contributed by atoms with Crippen molar-refractivity contribution in [3.05, 3.63) is 88.2 Å². The van der Waals surface area contributed by atoms with Crippen LogP contribution in [-0.2, 0) is 17.8 Å². The number of ether oxygens (including phenoxy) is 1. The number of hydrogen-bond acceptors (Lipinski definition) is 4. The van der Waals surface area contributed by atoms with Crippen LogP contribution in [0.4, 0.5) is 4.39 Å². The van der Waals surface area contributed by atoms with E-state index in [4.69, 9.17) is 4.74 Å². The number of thioether (sulfide) groups is 1. The van der Waals surface area contributed by atoms with Crippen LogP contribution in [0.5, 0.6) is 5.75 Å². The maximum absolute atomic E-state index is 13.0. The lowest BCUT2D eigenvalue weighted by atomic mass is 10.1. The average molecular weight is 414 g/mol. The molecule has 29 heavy (non-hydrogen) atoms. The van der Waals surface area contributed by atoms with E-state index in [1.807, 2.05) is 30.3 Å². The second-order valence-corrected chi connectivity index (χ2v) is 7.82. The van der Waals surface area contributed by atoms with Gasteiger partial charge in [-0.1, -0.05) is 30.3 Å². The first kappa shape index (κ1) is 21.0. The summed E-state index contributed by atoms with van der Waals surface area (Å²) in [6, 6.07) is 14.3. The van der Waals surface area contributed by atoms with E-state index in [1.54, 1.807) is 37.1 Å². The molecule has 0 spiro atoms. The van der Waals surface area contributed by atoms with E-state index in [2.05, 4.69) is 4.90 Å². The number of aryl methyl sites for hydroxylation is 1. The first-order valence-corrected chi connectivity index (χ1v) is 10.4. The minimum atomic E-state index is -0.915. The predicted molar refractivity (Wildman–Crippen MR) is 114 cm³/mol. The third-order valence-electron chi connectivity index (χ3n) is 4.65. The van der Waals surface area contributed by atoms with E-state index in [-0.39, 0.29) is 5.82 Å². The second-order valence-electron chi connectivity index (χ2n) is 6.73. The summed E-state index contributed by atoms with van der Waals surface area (Å²) >= 11 is 1.57. The predicted octanol–water partition coefficient (Wildman–Crippen LogP) is 4.87. The first-order chi connectivity index (χ1) is 14.1. The molecule has 2 aromatic carbocycles. The zero-order chi connectivity index (χ0) is 20.6. The fourth-order valence-electron chi connectivity index (χ4n) is 3.14. The fourth-order valence-corrected chi connectivity index (χ4v) is 4.25. The Hall–Kier alpha value is -2.73. The maximum atomic E-state index is 13.0. The van der Waals surface area contributed by atoms with Crippen molar-refractivity contribution in [2.24, 2.45) is 0 Å². The van der Waals surface area contributed by atoms with Gasteiger partial charge in [0.2, 0.25) is 0 Å². The van der Waals surface area contributed by atoms with Gasteiger partial charge in [-0.25, -0.2) is 9.18 Å². The standard InChI is InChI=1S/C23H24FNO3S/c1-28-20-12-8-18(9-13-20)16-25-14-2-5-21(23(26)27)22(25)29-15-3-4-17-6-10-19(24)11-7-17/h2,5-13H,3-4,14-16H2,1H3,(H,26,27). The van der Waals surface area contributed by atoms with Gasteiger partial charge in [-0.2, -0.15) is 0 Å². The molecule has 1 aliphatic rings. The molecule has 0 fully saturated rings. The van der Waals surface area contributed by atoms with E-state index >= 15 is 0 Å². The van der Waals surface area contributed by atoms with E-state index < -0.39 is 5.97 Å². The van der Waals surface area contributed by atoms with E-state index in [0.29, 0.717) is 18.7 Å². The fraction of sp³-hybridized carbons (Fsp3) is 0.261. The molecule has 2 aromatic rings. The van der Waals surface area contributed by atoms with Gasteiger partial charge in [-0.15, -0.1) is 11.8 Å². The number of carbonyl (C=O) groups is 1. The number of benzene rings is 2. The first-order valence-electron chi connectivity index (χ1n) is 9.46. The van der Waals surface area contributed by atoms with Crippen LogP contribution in [0.25, 0.3) is 0 Å². The number of hydrogen-bond donors (Lipinski definition) is 1. The van der Waals surface area contributed by atoms with Gasteiger partial charge >= 0.3 is 5.97 Å². The number of carboxylic acids is 1. The van der Waals surface area contributed by atoms with Crippen LogP contribution in [0.3, 0.4) is 0 Å². The molecule has 0 saturated carbocycles. The Bertz CT molecular complexity index is 891. The second kappa shape index (κ2) is 10.2. The molecular formula is C23H24FNO3S. The van der Waals surface area contributed by atoms with Crippen molar-refractivity contribution in [3.63, 3.8) is 0 Å². The van der Waals surface area contributed by atoms with Crippen molar-refractivity contribution >= 4 is 17.7 Å². The largest absolute Gasteiger partial charge is 0.497 e. The topological polar surface area (TPSA) is 49.8 Å². The van der Waals surface area contributed by atoms with Crippen LogP contribution in [0.1, 0.15) is 17.5 Å². The molecule has 6 heteroatoms. The third-order valence-corrected chi connectivity index (χ3v) is 5.90. The van der Waals surface area contributed by atoms with Gasteiger partial charge in [0.1, 0.15) is 11.6 Å². The summed E-state index contributed by atoms with van der Waals surface area (Å²) in [5.74, 6) is 0.435. The summed E-state index contributed by atoms with van der Waals surface area (Å²) in [6.45, 7) is 1.30. The minimum Gasteiger partial charge on any atom is -0.497 e. The Balaban J connectivity index is 1.65. The van der Waals surface area contributed by atoms with Crippen molar-refractivity contribution in [3.8, 4) is 5.75 Å². The molecule has 152 valence electrons. The number of methoxy groups -OCH3 is 1. The Kier molecular flexibility index (Phi) is 7.36. The number of rotatable bonds is 9. The highest BCUT2D eigenvalue weighted by atomic mass is 32.2. The van der Waals surface area contributed by atoms with Crippen LogP contribution in [0.2, 0.25) is 0 Å². The van der Waals surface area contributed by atoms with Gasteiger partial charge in [0, 0.05) is 13.1 Å². The minimum absolute atomic E-state index is 0.234. The Morgan fingerprint density at radius 2 is 1.83 bits per heavy atom. The molecule has 1 aliphatic heterocycles. The van der Waals surface area contributed by atoms with Crippen LogP contribution in [0, 0.1) is 5.82 Å². The molecule has 3 rings (SSSR count). The summed E-state index contributed by atoms with van der Waals surface area (Å²) < 4.78 is 18.2. The number of nitrogens with zero attached hydrogens (tertiary/aromatic N) is 1. The summed E-state index contributed by atoms with van der Waals surface area (Å²) in [4.78, 5) is 13.8. The monoisotopic (exact) mass is 413 g/mol. The lowest BCUT2D eigenvalue weighted by Crippen LogP contribution is -2.27. The van der Waals surface area contributed by atoms with E-state index in [9.17, 15) is 14.3 Å². The highest BCUT2D eigenvalue weighted by Crippen LogP contribution is 2.30. The molecule has 0 aliphatic carbocycles. The summed E-state index contributed by atoms with van der Waals surface area (Å²) in [7, 11) is 1.63. The Morgan fingerprint density at radius 3 is 2.48 bits per heavy atom. The SMILES string of the molecule is COc1ccc(CN2CC=CC(C(=O)O)=C2SCCCc2ccc(F)cc2)cc1. The van der Waals surface area contributed by atoms with Gasteiger partial charge in [-0.3, -0.25) is 0 Å². The van der Waals surface area contributed by atoms with Crippen molar-refractivity contribution in [1.82, 2.24) is 4.90 Å². The maximum Gasteiger partial charge on any atom is 0.338 e. The Labute approximate surface area is 174 Å². The normalized spacial score (nSPS) is 13.7. The zero-order valence-electron chi connectivity index (χ0n) is 16.3. The highest BCUT2D eigenvalue weighted by molar-refractivity contribution is 8.03. The lowest BCUT2D eigenvalue weighted by Gasteiger charge is -2.29. The molecule has 0 aromatic heterocycles. The van der Waals surface area contributed by atoms with E-state index in [1.165, 1.54) is 12.1 Å². The van der Waals surface area contributed by atoms with Crippen LogP contribution < -0.4 is 4.74 Å². The lowest BCUT2D eigenvalue weighted by molar-refractivity contribution is -0.132. The molecule has 0 atom stereocenters. The molecule has 0 amide bonds. The van der Waals surface area contributed by atoms with Gasteiger partial charge in [0.25, 0.3) is 0 Å².